The van der Waals surface area contributed by atoms with Crippen LogP contribution in [0, 0.1) is 0 Å². The first-order valence-electron chi connectivity index (χ1n) is 5.49. The minimum atomic E-state index is -1.35. The Balaban J connectivity index is 2.13. The van der Waals surface area contributed by atoms with Gasteiger partial charge in [0.15, 0.2) is 5.78 Å². The Bertz CT molecular complexity index is 627. The van der Waals surface area contributed by atoms with Crippen LogP contribution in [0.3, 0.4) is 0 Å². The smallest absolute Gasteiger partial charge is 0.175 e. The Labute approximate surface area is 123 Å². The lowest BCUT2D eigenvalue weighted by Gasteiger charge is -2.03. The van der Waals surface area contributed by atoms with Gasteiger partial charge in [0, 0.05) is 10.5 Å². The zero-order valence-corrected chi connectivity index (χ0v) is 12.1. The number of benzene rings is 2. The maximum atomic E-state index is 12.0. The van der Waals surface area contributed by atoms with Gasteiger partial charge >= 0.3 is 0 Å². The second-order valence-corrected chi connectivity index (χ2v) is 6.12. The summed E-state index contributed by atoms with van der Waals surface area (Å²) in [6, 6.07) is 13.5. The second-order valence-electron chi connectivity index (χ2n) is 3.85. The molecule has 0 bridgehead atoms. The number of rotatable bonds is 4. The van der Waals surface area contributed by atoms with Crippen molar-refractivity contribution in [2.75, 3.05) is 5.75 Å². The van der Waals surface area contributed by atoms with Gasteiger partial charge in [0.05, 0.1) is 26.6 Å². The third-order valence-electron chi connectivity index (χ3n) is 2.51. The van der Waals surface area contributed by atoms with Crippen molar-refractivity contribution in [2.45, 2.75) is 4.90 Å². The first-order valence-corrected chi connectivity index (χ1v) is 7.57. The van der Waals surface area contributed by atoms with E-state index in [9.17, 15) is 9.00 Å². The molecule has 2 rings (SSSR count). The zero-order chi connectivity index (χ0) is 13.8. The van der Waals surface area contributed by atoms with E-state index < -0.39 is 10.8 Å². The lowest BCUT2D eigenvalue weighted by molar-refractivity contribution is 0.102. The summed E-state index contributed by atoms with van der Waals surface area (Å²) in [5, 5.41) is 0.709. The molecule has 0 aliphatic rings. The monoisotopic (exact) mass is 312 g/mol. The fourth-order valence-electron chi connectivity index (χ4n) is 1.53. The Hall–Kier alpha value is -1.16. The third kappa shape index (κ3) is 3.66. The van der Waals surface area contributed by atoms with Crippen LogP contribution in [-0.4, -0.2) is 15.7 Å². The molecule has 5 heteroatoms. The number of halogens is 2. The van der Waals surface area contributed by atoms with Crippen LogP contribution in [0.5, 0.6) is 0 Å². The van der Waals surface area contributed by atoms with E-state index in [1.165, 1.54) is 6.07 Å². The average Bonchev–Trinajstić information content (AvgIpc) is 2.42. The summed E-state index contributed by atoms with van der Waals surface area (Å²) in [5.74, 6) is -0.289. The Morgan fingerprint density at radius 2 is 1.68 bits per heavy atom. The second kappa shape index (κ2) is 6.33. The first kappa shape index (κ1) is 14.3. The predicted molar refractivity (Wildman–Crippen MR) is 78.5 cm³/mol. The van der Waals surface area contributed by atoms with Gasteiger partial charge in [0.25, 0.3) is 0 Å². The van der Waals surface area contributed by atoms with Gasteiger partial charge in [-0.3, -0.25) is 9.00 Å². The molecule has 2 nitrogen and oxygen atoms in total. The fraction of sp³-hybridized carbons (Fsp3) is 0.0714. The van der Waals surface area contributed by atoms with E-state index in [-0.39, 0.29) is 11.5 Å². The van der Waals surface area contributed by atoms with Crippen molar-refractivity contribution in [1.29, 1.82) is 0 Å². The normalized spacial score (nSPS) is 12.1. The van der Waals surface area contributed by atoms with E-state index in [4.69, 9.17) is 23.2 Å². The molecule has 0 N–H and O–H groups in total. The summed E-state index contributed by atoms with van der Waals surface area (Å²) in [6.07, 6.45) is 0. The summed E-state index contributed by atoms with van der Waals surface area (Å²) in [4.78, 5) is 12.6. The summed E-state index contributed by atoms with van der Waals surface area (Å²) < 4.78 is 12.0. The van der Waals surface area contributed by atoms with Crippen LogP contribution in [0.2, 0.25) is 10.0 Å². The standard InChI is InChI=1S/C14H10Cl2O2S/c15-12-7-6-10(8-13(12)16)14(17)9-19(18)11-4-2-1-3-5-11/h1-8H,9H2. The van der Waals surface area contributed by atoms with E-state index in [1.54, 1.807) is 36.4 Å². The van der Waals surface area contributed by atoms with E-state index in [1.807, 2.05) is 6.07 Å². The van der Waals surface area contributed by atoms with Gasteiger partial charge in [-0.2, -0.15) is 0 Å². The molecule has 0 aromatic heterocycles. The largest absolute Gasteiger partial charge is 0.293 e. The molecule has 0 radical (unpaired) electrons. The summed E-state index contributed by atoms with van der Waals surface area (Å²) >= 11 is 11.6. The van der Waals surface area contributed by atoms with Crippen LogP contribution in [-0.2, 0) is 10.8 Å². The van der Waals surface area contributed by atoms with Gasteiger partial charge in [-0.1, -0.05) is 41.4 Å². The molecule has 0 saturated heterocycles. The number of hydrogen-bond acceptors (Lipinski definition) is 2. The van der Waals surface area contributed by atoms with E-state index in [0.717, 1.165) is 0 Å². The number of Topliss-reactive ketones (excluding diaryl/α,β-unsaturated/α-hetero) is 1. The summed E-state index contributed by atoms with van der Waals surface area (Å²) in [5.41, 5.74) is 0.415. The highest BCUT2D eigenvalue weighted by Crippen LogP contribution is 2.23. The van der Waals surface area contributed by atoms with Crippen LogP contribution >= 0.6 is 23.2 Å². The highest BCUT2D eigenvalue weighted by molar-refractivity contribution is 7.85. The average molecular weight is 313 g/mol. The van der Waals surface area contributed by atoms with Crippen molar-refractivity contribution in [3.05, 3.63) is 64.1 Å². The maximum absolute atomic E-state index is 12.0. The zero-order valence-electron chi connectivity index (χ0n) is 9.81. The minimum absolute atomic E-state index is 0.0675. The molecular weight excluding hydrogens is 303 g/mol. The van der Waals surface area contributed by atoms with Crippen molar-refractivity contribution in [1.82, 2.24) is 0 Å². The molecule has 19 heavy (non-hydrogen) atoms. The van der Waals surface area contributed by atoms with Gasteiger partial charge in [-0.05, 0) is 30.3 Å². The van der Waals surface area contributed by atoms with Gasteiger partial charge < -0.3 is 0 Å². The first-order chi connectivity index (χ1) is 9.08. The summed E-state index contributed by atoms with van der Waals surface area (Å²) in [6.45, 7) is 0. The van der Waals surface area contributed by atoms with E-state index in [0.29, 0.717) is 20.5 Å². The van der Waals surface area contributed by atoms with E-state index in [2.05, 4.69) is 0 Å². The molecule has 2 aromatic carbocycles. The van der Waals surface area contributed by atoms with Gasteiger partial charge in [0.2, 0.25) is 0 Å². The van der Waals surface area contributed by atoms with Gasteiger partial charge in [0.1, 0.15) is 0 Å². The highest BCUT2D eigenvalue weighted by Gasteiger charge is 2.13. The Morgan fingerprint density at radius 1 is 1.00 bits per heavy atom. The fourth-order valence-corrected chi connectivity index (χ4v) is 2.86. The quantitative estimate of drug-likeness (QED) is 0.800. The SMILES string of the molecule is O=C(CS(=O)c1ccccc1)c1ccc(Cl)c(Cl)c1. The van der Waals surface area contributed by atoms with E-state index >= 15 is 0 Å². The Kier molecular flexibility index (Phi) is 4.75. The molecule has 0 spiro atoms. The van der Waals surface area contributed by atoms with Crippen molar-refractivity contribution in [3.63, 3.8) is 0 Å². The highest BCUT2D eigenvalue weighted by atomic mass is 35.5. The molecule has 98 valence electrons. The van der Waals surface area contributed by atoms with Gasteiger partial charge in [-0.15, -0.1) is 0 Å². The topological polar surface area (TPSA) is 34.1 Å². The number of carbonyl (C=O) groups is 1. The third-order valence-corrected chi connectivity index (χ3v) is 4.57. The van der Waals surface area contributed by atoms with Crippen LogP contribution in [0.1, 0.15) is 10.4 Å². The molecule has 0 aliphatic heterocycles. The van der Waals surface area contributed by atoms with Gasteiger partial charge in [-0.25, -0.2) is 0 Å². The number of carbonyl (C=O) groups excluding carboxylic acids is 1. The van der Waals surface area contributed by atoms with Crippen LogP contribution < -0.4 is 0 Å². The number of ketones is 1. The Morgan fingerprint density at radius 3 is 2.32 bits per heavy atom. The van der Waals surface area contributed by atoms with Crippen molar-refractivity contribution >= 4 is 39.8 Å². The molecule has 0 heterocycles. The van der Waals surface area contributed by atoms with Crippen molar-refractivity contribution in [2.24, 2.45) is 0 Å². The molecule has 1 unspecified atom stereocenters. The van der Waals surface area contributed by atoms with Crippen molar-refractivity contribution < 1.29 is 9.00 Å². The molecule has 0 amide bonds. The minimum Gasteiger partial charge on any atom is -0.293 e. The van der Waals surface area contributed by atoms with Crippen LogP contribution in [0.25, 0.3) is 0 Å². The molecule has 0 aliphatic carbocycles. The lowest BCUT2D eigenvalue weighted by atomic mass is 10.1. The maximum Gasteiger partial charge on any atom is 0.175 e. The van der Waals surface area contributed by atoms with Crippen molar-refractivity contribution in [3.8, 4) is 0 Å². The molecular formula is C14H10Cl2O2S. The van der Waals surface area contributed by atoms with Crippen LogP contribution in [0.15, 0.2) is 53.4 Å². The summed E-state index contributed by atoms with van der Waals surface area (Å²) in [7, 11) is -1.35. The molecule has 0 fully saturated rings. The molecule has 0 saturated carbocycles. The molecule has 2 aromatic rings. The predicted octanol–water partition coefficient (Wildman–Crippen LogP) is 3.98. The molecule has 1 atom stereocenters. The number of hydrogen-bond donors (Lipinski definition) is 0. The van der Waals surface area contributed by atoms with Crippen LogP contribution in [0.4, 0.5) is 0 Å². The lowest BCUT2D eigenvalue weighted by Crippen LogP contribution is -2.11.